The van der Waals surface area contributed by atoms with Crippen LogP contribution in [0, 0.1) is 23.0 Å². The van der Waals surface area contributed by atoms with Crippen molar-refractivity contribution in [3.05, 3.63) is 39.4 Å². The maximum Gasteiger partial charge on any atom is 0.272 e. The third-order valence-corrected chi connectivity index (χ3v) is 4.10. The standard InChI is InChI=1S/C15H22N2O3/c1-11-6-7-12(8-14(11)17(19)20)9-16-10-15(18)13-4-2-3-5-13/h6-8,13,15-16,18H,2-5,9-10H2,1H3. The molecule has 0 bridgehead atoms. The zero-order chi connectivity index (χ0) is 14.5. The summed E-state index contributed by atoms with van der Waals surface area (Å²) in [6, 6.07) is 5.25. The second kappa shape index (κ2) is 6.81. The fourth-order valence-electron chi connectivity index (χ4n) is 2.83. The average Bonchev–Trinajstić information content (AvgIpc) is 2.94. The molecule has 0 heterocycles. The van der Waals surface area contributed by atoms with Gasteiger partial charge in [-0.25, -0.2) is 0 Å². The van der Waals surface area contributed by atoms with Gasteiger partial charge in [0.05, 0.1) is 11.0 Å². The maximum absolute atomic E-state index is 10.9. The zero-order valence-electron chi connectivity index (χ0n) is 11.8. The Balaban J connectivity index is 1.84. The van der Waals surface area contributed by atoms with Gasteiger partial charge in [0, 0.05) is 24.7 Å². The maximum atomic E-state index is 10.9. The Morgan fingerprint density at radius 1 is 1.45 bits per heavy atom. The number of nitrogens with one attached hydrogen (secondary N) is 1. The summed E-state index contributed by atoms with van der Waals surface area (Å²) >= 11 is 0. The van der Waals surface area contributed by atoms with E-state index in [4.69, 9.17) is 0 Å². The number of nitro groups is 1. The van der Waals surface area contributed by atoms with Gasteiger partial charge in [0.15, 0.2) is 0 Å². The minimum Gasteiger partial charge on any atom is -0.392 e. The number of aliphatic hydroxyl groups is 1. The van der Waals surface area contributed by atoms with Crippen molar-refractivity contribution in [1.29, 1.82) is 0 Å². The van der Waals surface area contributed by atoms with Gasteiger partial charge in [0.2, 0.25) is 0 Å². The highest BCUT2D eigenvalue weighted by atomic mass is 16.6. The molecule has 0 saturated heterocycles. The third-order valence-electron chi connectivity index (χ3n) is 4.10. The summed E-state index contributed by atoms with van der Waals surface area (Å²) in [7, 11) is 0. The lowest BCUT2D eigenvalue weighted by Gasteiger charge is -2.18. The van der Waals surface area contributed by atoms with Crippen LogP contribution >= 0.6 is 0 Å². The quantitative estimate of drug-likeness (QED) is 0.619. The van der Waals surface area contributed by atoms with E-state index in [9.17, 15) is 15.2 Å². The number of aryl methyl sites for hydroxylation is 1. The SMILES string of the molecule is Cc1ccc(CNCC(O)C2CCCC2)cc1[N+](=O)[O-]. The number of benzene rings is 1. The number of nitro benzene ring substituents is 1. The van der Waals surface area contributed by atoms with E-state index in [2.05, 4.69) is 5.32 Å². The molecule has 1 fully saturated rings. The molecule has 1 aliphatic rings. The molecule has 0 radical (unpaired) electrons. The number of nitrogens with zero attached hydrogens (tertiary/aromatic N) is 1. The second-order valence-corrected chi connectivity index (χ2v) is 5.62. The Morgan fingerprint density at radius 2 is 2.15 bits per heavy atom. The zero-order valence-corrected chi connectivity index (χ0v) is 11.8. The van der Waals surface area contributed by atoms with Gasteiger partial charge in [0.1, 0.15) is 0 Å². The summed E-state index contributed by atoms with van der Waals surface area (Å²) in [5, 5.41) is 24.1. The van der Waals surface area contributed by atoms with E-state index in [0.29, 0.717) is 24.6 Å². The van der Waals surface area contributed by atoms with Crippen molar-refractivity contribution in [3.63, 3.8) is 0 Å². The molecule has 20 heavy (non-hydrogen) atoms. The Morgan fingerprint density at radius 3 is 2.80 bits per heavy atom. The molecule has 1 aliphatic carbocycles. The predicted molar refractivity (Wildman–Crippen MR) is 77.5 cm³/mol. The fourth-order valence-corrected chi connectivity index (χ4v) is 2.83. The first-order valence-corrected chi connectivity index (χ1v) is 7.20. The van der Waals surface area contributed by atoms with Crippen LogP contribution in [-0.2, 0) is 6.54 Å². The molecular formula is C15H22N2O3. The molecule has 1 aromatic carbocycles. The third kappa shape index (κ3) is 3.77. The van der Waals surface area contributed by atoms with Gasteiger partial charge in [0.25, 0.3) is 5.69 Å². The Bertz CT molecular complexity index is 470. The number of hydrogen-bond acceptors (Lipinski definition) is 4. The fraction of sp³-hybridized carbons (Fsp3) is 0.600. The van der Waals surface area contributed by atoms with Crippen LogP contribution in [-0.4, -0.2) is 22.7 Å². The number of hydrogen-bond donors (Lipinski definition) is 2. The van der Waals surface area contributed by atoms with Crippen LogP contribution in [0.25, 0.3) is 0 Å². The topological polar surface area (TPSA) is 75.4 Å². The van der Waals surface area contributed by atoms with E-state index in [-0.39, 0.29) is 16.7 Å². The molecule has 0 aliphatic heterocycles. The molecule has 0 amide bonds. The van der Waals surface area contributed by atoms with Crippen LogP contribution in [0.2, 0.25) is 0 Å². The minimum absolute atomic E-state index is 0.153. The highest BCUT2D eigenvalue weighted by molar-refractivity contribution is 5.42. The lowest BCUT2D eigenvalue weighted by Crippen LogP contribution is -2.31. The normalized spacial score (nSPS) is 17.3. The molecule has 0 spiro atoms. The van der Waals surface area contributed by atoms with Crippen LogP contribution in [0.1, 0.15) is 36.8 Å². The van der Waals surface area contributed by atoms with E-state index in [1.165, 1.54) is 12.8 Å². The first-order valence-electron chi connectivity index (χ1n) is 7.20. The molecule has 5 heteroatoms. The molecule has 1 aromatic rings. The molecule has 1 saturated carbocycles. The van der Waals surface area contributed by atoms with Gasteiger partial charge >= 0.3 is 0 Å². The van der Waals surface area contributed by atoms with Crippen LogP contribution in [0.15, 0.2) is 18.2 Å². The first kappa shape index (κ1) is 14.9. The summed E-state index contributed by atoms with van der Waals surface area (Å²) in [5.74, 6) is 0.412. The largest absolute Gasteiger partial charge is 0.392 e. The predicted octanol–water partition coefficient (Wildman–Crippen LogP) is 2.54. The monoisotopic (exact) mass is 278 g/mol. The van der Waals surface area contributed by atoms with Gasteiger partial charge in [-0.2, -0.15) is 0 Å². The summed E-state index contributed by atoms with van der Waals surface area (Å²) < 4.78 is 0. The Hall–Kier alpha value is -1.46. The van der Waals surface area contributed by atoms with Gasteiger partial charge in [-0.15, -0.1) is 0 Å². The van der Waals surface area contributed by atoms with Crippen LogP contribution in [0.5, 0.6) is 0 Å². The van der Waals surface area contributed by atoms with Gasteiger partial charge < -0.3 is 10.4 Å². The van der Waals surface area contributed by atoms with Crippen molar-refractivity contribution < 1.29 is 10.0 Å². The molecule has 1 atom stereocenters. The highest BCUT2D eigenvalue weighted by Crippen LogP contribution is 2.27. The van der Waals surface area contributed by atoms with Crippen LogP contribution in [0.3, 0.4) is 0 Å². The number of rotatable bonds is 6. The Kier molecular flexibility index (Phi) is 5.09. The average molecular weight is 278 g/mol. The lowest BCUT2D eigenvalue weighted by atomic mass is 10.0. The molecular weight excluding hydrogens is 256 g/mol. The molecule has 2 rings (SSSR count). The van der Waals surface area contributed by atoms with Gasteiger partial charge in [-0.05, 0) is 31.2 Å². The van der Waals surface area contributed by atoms with Gasteiger partial charge in [-0.3, -0.25) is 10.1 Å². The van der Waals surface area contributed by atoms with Crippen molar-refractivity contribution in [3.8, 4) is 0 Å². The summed E-state index contributed by atoms with van der Waals surface area (Å²) in [6.45, 7) is 2.83. The molecule has 2 N–H and O–H groups in total. The minimum atomic E-state index is -0.355. The van der Waals surface area contributed by atoms with Crippen LogP contribution < -0.4 is 5.32 Å². The summed E-state index contributed by atoms with van der Waals surface area (Å²) in [4.78, 5) is 10.5. The molecule has 110 valence electrons. The molecule has 5 nitrogen and oxygen atoms in total. The summed E-state index contributed by atoms with van der Waals surface area (Å²) in [6.07, 6.45) is 4.34. The second-order valence-electron chi connectivity index (χ2n) is 5.62. The first-order chi connectivity index (χ1) is 9.58. The van der Waals surface area contributed by atoms with E-state index in [0.717, 1.165) is 18.4 Å². The van der Waals surface area contributed by atoms with E-state index >= 15 is 0 Å². The Labute approximate surface area is 119 Å². The van der Waals surface area contributed by atoms with Crippen molar-refractivity contribution in [2.45, 2.75) is 45.3 Å². The lowest BCUT2D eigenvalue weighted by molar-refractivity contribution is -0.385. The molecule has 0 aromatic heterocycles. The summed E-state index contributed by atoms with van der Waals surface area (Å²) in [5.41, 5.74) is 1.70. The van der Waals surface area contributed by atoms with E-state index in [1.807, 2.05) is 6.07 Å². The van der Waals surface area contributed by atoms with Crippen molar-refractivity contribution >= 4 is 5.69 Å². The molecule has 1 unspecified atom stereocenters. The van der Waals surface area contributed by atoms with Crippen molar-refractivity contribution in [1.82, 2.24) is 5.32 Å². The van der Waals surface area contributed by atoms with E-state index in [1.54, 1.807) is 19.1 Å². The van der Waals surface area contributed by atoms with Crippen LogP contribution in [0.4, 0.5) is 5.69 Å². The van der Waals surface area contributed by atoms with E-state index < -0.39 is 0 Å². The van der Waals surface area contributed by atoms with Crippen molar-refractivity contribution in [2.24, 2.45) is 5.92 Å². The number of aliphatic hydroxyl groups excluding tert-OH is 1. The smallest absolute Gasteiger partial charge is 0.272 e. The van der Waals surface area contributed by atoms with Crippen molar-refractivity contribution in [2.75, 3.05) is 6.54 Å². The van der Waals surface area contributed by atoms with Gasteiger partial charge in [-0.1, -0.05) is 25.0 Å². The highest BCUT2D eigenvalue weighted by Gasteiger charge is 2.22.